The maximum Gasteiger partial charge on any atom is 0.350 e. The summed E-state index contributed by atoms with van der Waals surface area (Å²) in [7, 11) is 0. The highest BCUT2D eigenvalue weighted by molar-refractivity contribution is 6.15. The minimum atomic E-state index is -1.31. The molecule has 0 saturated carbocycles. The number of halogens is 1. The van der Waals surface area contributed by atoms with Gasteiger partial charge in [-0.25, -0.2) is 14.0 Å². The first-order valence-corrected chi connectivity index (χ1v) is 7.08. The van der Waals surface area contributed by atoms with Crippen molar-refractivity contribution in [1.82, 2.24) is 0 Å². The van der Waals surface area contributed by atoms with Crippen molar-refractivity contribution in [3.63, 3.8) is 0 Å². The number of carbonyl (C=O) groups excluding carboxylic acids is 2. The Morgan fingerprint density at radius 1 is 1.22 bits per heavy atom. The van der Waals surface area contributed by atoms with Crippen LogP contribution in [0.2, 0.25) is 0 Å². The number of para-hydroxylation sites is 1. The Hall–Kier alpha value is -2.57. The van der Waals surface area contributed by atoms with Gasteiger partial charge >= 0.3 is 11.9 Å². The molecular weight excluding hydrogens is 305 g/mol. The molecule has 1 aromatic rings. The smallest absolute Gasteiger partial charge is 0.350 e. The molecule has 0 unspecified atom stereocenters. The van der Waals surface area contributed by atoms with Crippen molar-refractivity contribution in [2.24, 2.45) is 0 Å². The Balaban J connectivity index is 2.25. The van der Waals surface area contributed by atoms with Crippen LogP contribution in [0.3, 0.4) is 0 Å². The van der Waals surface area contributed by atoms with E-state index in [1.54, 1.807) is 19.9 Å². The van der Waals surface area contributed by atoms with Gasteiger partial charge in [-0.3, -0.25) is 0 Å². The van der Waals surface area contributed by atoms with Gasteiger partial charge in [-0.05, 0) is 26.0 Å². The van der Waals surface area contributed by atoms with Crippen molar-refractivity contribution >= 4 is 17.6 Å². The van der Waals surface area contributed by atoms with Crippen molar-refractivity contribution in [3.05, 3.63) is 35.8 Å². The zero-order valence-electron chi connectivity index (χ0n) is 13.3. The van der Waals surface area contributed by atoms with E-state index in [0.717, 1.165) is 6.20 Å². The monoisotopic (exact) mass is 323 g/mol. The van der Waals surface area contributed by atoms with Crippen molar-refractivity contribution < 1.29 is 28.2 Å². The molecule has 0 radical (unpaired) electrons. The van der Waals surface area contributed by atoms with Crippen molar-refractivity contribution in [1.29, 1.82) is 0 Å². The third-order valence-corrected chi connectivity index (χ3v) is 2.81. The lowest BCUT2D eigenvalue weighted by Crippen LogP contribution is -2.42. The third-order valence-electron chi connectivity index (χ3n) is 2.81. The summed E-state index contributed by atoms with van der Waals surface area (Å²) in [5, 5.41) is 2.69. The van der Waals surface area contributed by atoms with Crippen LogP contribution in [0.4, 0.5) is 10.1 Å². The first-order valence-electron chi connectivity index (χ1n) is 7.08. The van der Waals surface area contributed by atoms with Crippen LogP contribution >= 0.6 is 0 Å². The normalized spacial score (nSPS) is 16.7. The second-order valence-corrected chi connectivity index (χ2v) is 5.66. The molecule has 1 heterocycles. The molecule has 0 atom stereocenters. The van der Waals surface area contributed by atoms with Crippen molar-refractivity contribution in [2.75, 3.05) is 5.32 Å². The average Bonchev–Trinajstić information content (AvgIpc) is 2.39. The first kappa shape index (κ1) is 16.8. The Morgan fingerprint density at radius 2 is 1.83 bits per heavy atom. The highest BCUT2D eigenvalue weighted by Gasteiger charge is 2.39. The molecule has 7 heteroatoms. The van der Waals surface area contributed by atoms with Gasteiger partial charge < -0.3 is 19.5 Å². The third kappa shape index (κ3) is 4.00. The molecule has 0 aliphatic carbocycles. The van der Waals surface area contributed by atoms with Crippen LogP contribution in [0.25, 0.3) is 0 Å². The minimum Gasteiger partial charge on any atom is -0.486 e. The molecule has 1 aliphatic heterocycles. The van der Waals surface area contributed by atoms with Gasteiger partial charge in [-0.1, -0.05) is 6.07 Å². The molecule has 0 bridgehead atoms. The second kappa shape index (κ2) is 6.28. The van der Waals surface area contributed by atoms with E-state index in [2.05, 4.69) is 5.32 Å². The van der Waals surface area contributed by atoms with Gasteiger partial charge in [0.2, 0.25) is 0 Å². The fraction of sp³-hybridized carbons (Fsp3) is 0.375. The van der Waals surface area contributed by atoms with E-state index in [1.165, 1.54) is 26.0 Å². The maximum atomic E-state index is 13.9. The van der Waals surface area contributed by atoms with Crippen LogP contribution in [-0.4, -0.2) is 23.8 Å². The Morgan fingerprint density at radius 3 is 2.39 bits per heavy atom. The first-order chi connectivity index (χ1) is 10.7. The molecule has 0 amide bonds. The number of rotatable bonds is 4. The molecule has 6 nitrogen and oxygen atoms in total. The highest BCUT2D eigenvalue weighted by Crippen LogP contribution is 2.29. The van der Waals surface area contributed by atoms with Crippen LogP contribution in [-0.2, 0) is 19.1 Å². The van der Waals surface area contributed by atoms with E-state index in [0.29, 0.717) is 0 Å². The van der Waals surface area contributed by atoms with Gasteiger partial charge in [0.25, 0.3) is 5.79 Å². The van der Waals surface area contributed by atoms with Crippen LogP contribution in [0, 0.1) is 5.82 Å². The number of cyclic esters (lactones) is 2. The van der Waals surface area contributed by atoms with Gasteiger partial charge in [0.15, 0.2) is 17.1 Å². The van der Waals surface area contributed by atoms with E-state index in [9.17, 15) is 14.0 Å². The molecule has 1 aliphatic rings. The van der Waals surface area contributed by atoms with Gasteiger partial charge in [-0.2, -0.15) is 0 Å². The van der Waals surface area contributed by atoms with E-state index >= 15 is 0 Å². The SMILES string of the molecule is CC(C)Oc1c(F)cccc1NC=C1C(=O)OC(C)(C)OC1=O. The molecule has 1 fully saturated rings. The van der Waals surface area contributed by atoms with E-state index in [1.807, 2.05) is 0 Å². The molecule has 1 aromatic carbocycles. The topological polar surface area (TPSA) is 73.9 Å². The molecule has 0 spiro atoms. The summed E-state index contributed by atoms with van der Waals surface area (Å²) >= 11 is 0. The highest BCUT2D eigenvalue weighted by atomic mass is 19.1. The average molecular weight is 323 g/mol. The molecular formula is C16H18FNO5. The van der Waals surface area contributed by atoms with Crippen LogP contribution in [0.5, 0.6) is 5.75 Å². The van der Waals surface area contributed by atoms with Crippen LogP contribution < -0.4 is 10.1 Å². The zero-order valence-corrected chi connectivity index (χ0v) is 13.3. The quantitative estimate of drug-likeness (QED) is 0.522. The number of hydrogen-bond acceptors (Lipinski definition) is 6. The van der Waals surface area contributed by atoms with Gasteiger partial charge in [0.05, 0.1) is 11.8 Å². The number of ether oxygens (including phenoxy) is 3. The molecule has 124 valence electrons. The van der Waals surface area contributed by atoms with Gasteiger partial charge in [0.1, 0.15) is 0 Å². The van der Waals surface area contributed by atoms with Crippen LogP contribution in [0.15, 0.2) is 30.0 Å². The van der Waals surface area contributed by atoms with Crippen molar-refractivity contribution in [3.8, 4) is 5.75 Å². The number of hydrogen-bond donors (Lipinski definition) is 1. The number of anilines is 1. The summed E-state index contributed by atoms with van der Waals surface area (Å²) in [6, 6.07) is 4.28. The maximum absolute atomic E-state index is 13.9. The summed E-state index contributed by atoms with van der Waals surface area (Å²) < 4.78 is 29.2. The number of carbonyl (C=O) groups is 2. The fourth-order valence-electron chi connectivity index (χ4n) is 1.91. The second-order valence-electron chi connectivity index (χ2n) is 5.66. The zero-order chi connectivity index (χ0) is 17.2. The molecule has 1 N–H and O–H groups in total. The van der Waals surface area contributed by atoms with E-state index in [-0.39, 0.29) is 23.1 Å². The minimum absolute atomic E-state index is 0.00257. The Bertz CT molecular complexity index is 644. The summed E-state index contributed by atoms with van der Waals surface area (Å²) in [5.74, 6) is -3.51. The van der Waals surface area contributed by atoms with E-state index in [4.69, 9.17) is 14.2 Å². The number of benzene rings is 1. The largest absolute Gasteiger partial charge is 0.486 e. The van der Waals surface area contributed by atoms with Gasteiger partial charge in [-0.15, -0.1) is 0 Å². The lowest BCUT2D eigenvalue weighted by molar-refractivity contribution is -0.222. The summed E-state index contributed by atoms with van der Waals surface area (Å²) in [4.78, 5) is 23.7. The van der Waals surface area contributed by atoms with Gasteiger partial charge in [0, 0.05) is 20.0 Å². The van der Waals surface area contributed by atoms with E-state index < -0.39 is 23.5 Å². The van der Waals surface area contributed by atoms with Crippen LogP contribution in [0.1, 0.15) is 27.7 Å². The number of esters is 2. The summed E-state index contributed by atoms with van der Waals surface area (Å²) in [5.41, 5.74) is -0.0410. The predicted molar refractivity (Wildman–Crippen MR) is 80.1 cm³/mol. The Kier molecular flexibility index (Phi) is 4.58. The summed E-state index contributed by atoms with van der Waals surface area (Å²) in [6.07, 6.45) is 0.868. The fourth-order valence-corrected chi connectivity index (χ4v) is 1.91. The lowest BCUT2D eigenvalue weighted by Gasteiger charge is -2.29. The summed E-state index contributed by atoms with van der Waals surface area (Å²) in [6.45, 7) is 6.42. The lowest BCUT2D eigenvalue weighted by atomic mass is 10.2. The molecule has 0 aromatic heterocycles. The standard InChI is InChI=1S/C16H18FNO5/c1-9(2)21-13-11(17)6-5-7-12(13)18-8-10-14(19)22-16(3,4)23-15(10)20/h5-9,18H,1-4H3. The van der Waals surface area contributed by atoms with Crippen molar-refractivity contribution in [2.45, 2.75) is 39.6 Å². The molecule has 23 heavy (non-hydrogen) atoms. The Labute approximate surface area is 133 Å². The molecule has 2 rings (SSSR count). The predicted octanol–water partition coefficient (Wildman–Crippen LogP) is 2.74. The molecule has 1 saturated heterocycles. The number of nitrogens with one attached hydrogen (secondary N) is 1.